The van der Waals surface area contributed by atoms with E-state index in [4.69, 9.17) is 19.2 Å². The zero-order chi connectivity index (χ0) is 21.6. The van der Waals surface area contributed by atoms with Gasteiger partial charge in [-0.3, -0.25) is 0 Å². The molecule has 7 heteroatoms. The number of rotatable bonds is 13. The lowest BCUT2D eigenvalue weighted by atomic mass is 10.1. The van der Waals surface area contributed by atoms with Crippen molar-refractivity contribution in [2.75, 3.05) is 54.1 Å². The van der Waals surface area contributed by atoms with E-state index in [1.165, 1.54) is 12.8 Å². The van der Waals surface area contributed by atoms with Gasteiger partial charge in [0.15, 0.2) is 17.5 Å². The molecule has 0 atom stereocenters. The largest absolute Gasteiger partial charge is 0.493 e. The number of nitrogens with zero attached hydrogens (tertiary/aromatic N) is 2. The fourth-order valence-electron chi connectivity index (χ4n) is 3.57. The number of nitrogens with one attached hydrogen (secondary N) is 2. The van der Waals surface area contributed by atoms with E-state index in [9.17, 15) is 0 Å². The molecule has 1 aromatic rings. The van der Waals surface area contributed by atoms with Gasteiger partial charge in [-0.1, -0.05) is 12.1 Å². The van der Waals surface area contributed by atoms with Gasteiger partial charge in [0.25, 0.3) is 0 Å². The van der Waals surface area contributed by atoms with Crippen LogP contribution in [0.25, 0.3) is 0 Å². The molecule has 0 unspecified atom stereocenters. The third kappa shape index (κ3) is 8.40. The van der Waals surface area contributed by atoms with E-state index in [1.807, 2.05) is 12.1 Å². The Morgan fingerprint density at radius 2 is 1.97 bits per heavy atom. The molecular weight excluding hydrogens is 380 g/mol. The monoisotopic (exact) mass is 420 g/mol. The fourth-order valence-corrected chi connectivity index (χ4v) is 3.57. The van der Waals surface area contributed by atoms with E-state index in [1.54, 1.807) is 14.2 Å². The summed E-state index contributed by atoms with van der Waals surface area (Å²) in [5.74, 6) is 2.45. The highest BCUT2D eigenvalue weighted by Crippen LogP contribution is 2.35. The molecular formula is C23H40N4O3. The maximum Gasteiger partial charge on any atom is 0.191 e. The molecule has 0 spiro atoms. The predicted octanol–water partition coefficient (Wildman–Crippen LogP) is 3.04. The second-order valence-electron chi connectivity index (χ2n) is 7.74. The summed E-state index contributed by atoms with van der Waals surface area (Å²) in [4.78, 5) is 7.06. The van der Waals surface area contributed by atoms with Gasteiger partial charge in [0, 0.05) is 32.3 Å². The number of para-hydroxylation sites is 1. The Morgan fingerprint density at radius 1 is 1.17 bits per heavy atom. The van der Waals surface area contributed by atoms with E-state index in [0.29, 0.717) is 6.54 Å². The zero-order valence-electron chi connectivity index (χ0n) is 19.2. The number of hydrogen-bond donors (Lipinski definition) is 2. The van der Waals surface area contributed by atoms with Crippen molar-refractivity contribution in [1.82, 2.24) is 15.5 Å². The van der Waals surface area contributed by atoms with Crippen LogP contribution >= 0.6 is 0 Å². The van der Waals surface area contributed by atoms with Gasteiger partial charge in [-0.15, -0.1) is 0 Å². The second kappa shape index (κ2) is 14.1. The molecule has 7 nitrogen and oxygen atoms in total. The minimum absolute atomic E-state index is 0.283. The minimum Gasteiger partial charge on any atom is -0.493 e. The maximum absolute atomic E-state index is 6.33. The Hall–Kier alpha value is -1.99. The van der Waals surface area contributed by atoms with Crippen molar-refractivity contribution in [3.63, 3.8) is 0 Å². The molecule has 170 valence electrons. The average molecular weight is 421 g/mol. The summed E-state index contributed by atoms with van der Waals surface area (Å²) in [5.41, 5.74) is 1.05. The van der Waals surface area contributed by atoms with Gasteiger partial charge in [-0.05, 0) is 58.7 Å². The highest BCUT2D eigenvalue weighted by molar-refractivity contribution is 5.79. The van der Waals surface area contributed by atoms with Crippen LogP contribution in [-0.2, 0) is 11.3 Å². The molecule has 1 aliphatic carbocycles. The number of aliphatic imine (C=N–C) groups is 1. The molecule has 1 aliphatic rings. The quantitative estimate of drug-likeness (QED) is 0.290. The maximum atomic E-state index is 6.33. The number of likely N-dealkylation sites (N-methyl/N-ethyl adjacent to an activating group) is 1. The Labute approximate surface area is 182 Å². The summed E-state index contributed by atoms with van der Waals surface area (Å²) in [6, 6.07) is 6.03. The van der Waals surface area contributed by atoms with Gasteiger partial charge >= 0.3 is 0 Å². The molecule has 0 aliphatic heterocycles. The summed E-state index contributed by atoms with van der Waals surface area (Å²) < 4.78 is 17.0. The summed E-state index contributed by atoms with van der Waals surface area (Å²) >= 11 is 0. The van der Waals surface area contributed by atoms with Gasteiger partial charge in [0.2, 0.25) is 0 Å². The van der Waals surface area contributed by atoms with Crippen LogP contribution < -0.4 is 20.1 Å². The van der Waals surface area contributed by atoms with Crippen molar-refractivity contribution in [2.45, 2.75) is 51.7 Å². The van der Waals surface area contributed by atoms with Gasteiger partial charge in [-0.2, -0.15) is 0 Å². The molecule has 1 fully saturated rings. The minimum atomic E-state index is 0.283. The van der Waals surface area contributed by atoms with E-state index in [2.05, 4.69) is 35.6 Å². The van der Waals surface area contributed by atoms with E-state index >= 15 is 0 Å². The lowest BCUT2D eigenvalue weighted by Crippen LogP contribution is -2.38. The first-order valence-corrected chi connectivity index (χ1v) is 11.2. The van der Waals surface area contributed by atoms with Crippen LogP contribution in [0.4, 0.5) is 0 Å². The van der Waals surface area contributed by atoms with E-state index < -0.39 is 0 Å². The molecule has 1 saturated carbocycles. The third-order valence-electron chi connectivity index (χ3n) is 5.31. The van der Waals surface area contributed by atoms with Crippen LogP contribution in [0.3, 0.4) is 0 Å². The third-order valence-corrected chi connectivity index (χ3v) is 5.31. The molecule has 0 radical (unpaired) electrons. The van der Waals surface area contributed by atoms with Crippen molar-refractivity contribution in [3.05, 3.63) is 23.8 Å². The van der Waals surface area contributed by atoms with Crippen LogP contribution in [0.1, 0.15) is 44.6 Å². The summed E-state index contributed by atoms with van der Waals surface area (Å²) in [6.45, 7) is 7.04. The predicted molar refractivity (Wildman–Crippen MR) is 123 cm³/mol. The molecule has 0 aromatic heterocycles. The number of benzene rings is 1. The molecule has 2 rings (SSSR count). The zero-order valence-corrected chi connectivity index (χ0v) is 19.2. The number of methoxy groups -OCH3 is 2. The number of hydrogen-bond acceptors (Lipinski definition) is 5. The molecule has 30 heavy (non-hydrogen) atoms. The van der Waals surface area contributed by atoms with Crippen LogP contribution in [0.2, 0.25) is 0 Å². The van der Waals surface area contributed by atoms with Crippen molar-refractivity contribution >= 4 is 5.96 Å². The SMILES string of the molecule is CCNC(=NCc1cccc(OC)c1OC1CCCC1)NCCCN(C)CCOC. The fraction of sp³-hybridized carbons (Fsp3) is 0.696. The van der Waals surface area contributed by atoms with Crippen LogP contribution in [0.5, 0.6) is 11.5 Å². The second-order valence-corrected chi connectivity index (χ2v) is 7.74. The number of ether oxygens (including phenoxy) is 3. The standard InChI is InChI=1S/C23H40N4O3/c1-5-24-23(25-14-9-15-27(2)16-17-28-3)26-18-19-10-8-13-21(29-4)22(19)30-20-11-6-7-12-20/h8,10,13,20H,5-7,9,11-12,14-18H2,1-4H3,(H2,24,25,26). The van der Waals surface area contributed by atoms with Gasteiger partial charge in [0.1, 0.15) is 0 Å². The summed E-state index contributed by atoms with van der Waals surface area (Å²) in [7, 11) is 5.55. The average Bonchev–Trinajstić information content (AvgIpc) is 3.27. The van der Waals surface area contributed by atoms with E-state index in [-0.39, 0.29) is 6.10 Å². The van der Waals surface area contributed by atoms with Gasteiger partial charge < -0.3 is 29.7 Å². The molecule has 1 aromatic carbocycles. The summed E-state index contributed by atoms with van der Waals surface area (Å²) in [5, 5.41) is 6.76. The first kappa shape index (κ1) is 24.3. The van der Waals surface area contributed by atoms with Crippen molar-refractivity contribution in [3.8, 4) is 11.5 Å². The Balaban J connectivity index is 1.94. The Kier molecular flexibility index (Phi) is 11.4. The van der Waals surface area contributed by atoms with Crippen LogP contribution in [-0.4, -0.2) is 71.0 Å². The highest BCUT2D eigenvalue weighted by Gasteiger charge is 2.20. The van der Waals surface area contributed by atoms with Gasteiger partial charge in [-0.25, -0.2) is 4.99 Å². The first-order valence-electron chi connectivity index (χ1n) is 11.2. The number of guanidine groups is 1. The molecule has 0 heterocycles. The van der Waals surface area contributed by atoms with E-state index in [0.717, 1.165) is 75.1 Å². The van der Waals surface area contributed by atoms with Crippen molar-refractivity contribution in [1.29, 1.82) is 0 Å². The van der Waals surface area contributed by atoms with Crippen molar-refractivity contribution < 1.29 is 14.2 Å². The lowest BCUT2D eigenvalue weighted by molar-refractivity contribution is 0.161. The van der Waals surface area contributed by atoms with Gasteiger partial charge in [0.05, 0.1) is 26.4 Å². The Morgan fingerprint density at radius 3 is 2.67 bits per heavy atom. The highest BCUT2D eigenvalue weighted by atomic mass is 16.5. The normalized spacial score (nSPS) is 14.9. The topological polar surface area (TPSA) is 67.4 Å². The summed E-state index contributed by atoms with van der Waals surface area (Å²) in [6.07, 6.45) is 6.03. The smallest absolute Gasteiger partial charge is 0.191 e. The Bertz CT molecular complexity index is 633. The molecule has 0 amide bonds. The van der Waals surface area contributed by atoms with Crippen LogP contribution in [0.15, 0.2) is 23.2 Å². The molecule has 2 N–H and O–H groups in total. The first-order chi connectivity index (χ1) is 14.7. The molecule has 0 bridgehead atoms. The molecule has 0 saturated heterocycles. The van der Waals surface area contributed by atoms with Crippen molar-refractivity contribution in [2.24, 2.45) is 4.99 Å². The lowest BCUT2D eigenvalue weighted by Gasteiger charge is -2.19. The van der Waals surface area contributed by atoms with Crippen LogP contribution in [0, 0.1) is 0 Å².